The van der Waals surface area contributed by atoms with E-state index in [1.165, 1.54) is 5.56 Å². The maximum absolute atomic E-state index is 12.5. The van der Waals surface area contributed by atoms with Crippen LogP contribution >= 0.6 is 0 Å². The number of nitrogens with one attached hydrogen (secondary N) is 1. The predicted octanol–water partition coefficient (Wildman–Crippen LogP) is 2.78. The van der Waals surface area contributed by atoms with Gasteiger partial charge >= 0.3 is 0 Å². The smallest absolute Gasteiger partial charge is 0.222 e. The minimum Gasteiger partial charge on any atom is -0.343 e. The summed E-state index contributed by atoms with van der Waals surface area (Å²) in [5.41, 5.74) is 2.33. The molecular formula is C21H26N6O. The maximum Gasteiger partial charge on any atom is 0.222 e. The second-order valence-electron chi connectivity index (χ2n) is 7.39. The van der Waals surface area contributed by atoms with Gasteiger partial charge in [-0.25, -0.2) is 4.98 Å². The number of hydrogen-bond donors (Lipinski definition) is 1. The molecule has 0 atom stereocenters. The van der Waals surface area contributed by atoms with Crippen molar-refractivity contribution in [1.82, 2.24) is 29.6 Å². The van der Waals surface area contributed by atoms with Gasteiger partial charge in [0, 0.05) is 56.4 Å². The molecule has 1 saturated heterocycles. The van der Waals surface area contributed by atoms with Crippen molar-refractivity contribution in [3.8, 4) is 0 Å². The molecule has 0 aromatic carbocycles. The van der Waals surface area contributed by atoms with E-state index in [4.69, 9.17) is 0 Å². The molecule has 0 radical (unpaired) electrons. The summed E-state index contributed by atoms with van der Waals surface area (Å²) in [6.07, 6.45) is 15.6. The average Bonchev–Trinajstić information content (AvgIpc) is 3.41. The van der Waals surface area contributed by atoms with Crippen LogP contribution in [0.25, 0.3) is 0 Å². The van der Waals surface area contributed by atoms with Crippen LogP contribution in [0.3, 0.4) is 0 Å². The molecule has 7 heteroatoms. The summed E-state index contributed by atoms with van der Waals surface area (Å²) in [5, 5.41) is 6.76. The lowest BCUT2D eigenvalue weighted by atomic mass is 9.95. The van der Waals surface area contributed by atoms with E-state index in [2.05, 4.69) is 30.8 Å². The first-order valence-corrected chi connectivity index (χ1v) is 9.95. The standard InChI is InChI=1S/C21H26N6O/c28-20(5-1-3-17-14-24-25-15-17)26-10-6-19(7-11-26)21-23-9-12-27(21)16-18-4-2-8-22-13-18/h2,4,8-9,12-15,19H,1,3,5-7,10-11,16H2,(H,24,25). The highest BCUT2D eigenvalue weighted by atomic mass is 16.2. The Hall–Kier alpha value is -2.96. The Morgan fingerprint density at radius 3 is 2.82 bits per heavy atom. The summed E-state index contributed by atoms with van der Waals surface area (Å²) in [6.45, 7) is 2.42. The van der Waals surface area contributed by atoms with Crippen molar-refractivity contribution >= 4 is 5.91 Å². The first kappa shape index (κ1) is 18.4. The molecule has 146 valence electrons. The molecule has 1 aliphatic rings. The number of aromatic amines is 1. The Balaban J connectivity index is 1.27. The molecule has 1 fully saturated rings. The summed E-state index contributed by atoms with van der Waals surface area (Å²) in [6, 6.07) is 4.05. The molecule has 0 spiro atoms. The minimum absolute atomic E-state index is 0.264. The van der Waals surface area contributed by atoms with Crippen molar-refractivity contribution in [1.29, 1.82) is 0 Å². The van der Waals surface area contributed by atoms with E-state index in [0.717, 1.165) is 56.7 Å². The summed E-state index contributed by atoms with van der Waals surface area (Å²) in [5.74, 6) is 1.79. The Morgan fingerprint density at radius 1 is 1.18 bits per heavy atom. The molecule has 1 N–H and O–H groups in total. The Bertz CT molecular complexity index is 865. The molecule has 4 heterocycles. The van der Waals surface area contributed by atoms with Crippen molar-refractivity contribution in [3.05, 3.63) is 66.3 Å². The van der Waals surface area contributed by atoms with E-state index in [0.29, 0.717) is 12.3 Å². The van der Waals surface area contributed by atoms with Crippen molar-refractivity contribution < 1.29 is 4.79 Å². The number of likely N-dealkylation sites (tertiary alicyclic amines) is 1. The molecule has 0 saturated carbocycles. The van der Waals surface area contributed by atoms with Gasteiger partial charge in [0.2, 0.25) is 5.91 Å². The molecule has 0 aliphatic carbocycles. The zero-order chi connectivity index (χ0) is 19.2. The highest BCUT2D eigenvalue weighted by Gasteiger charge is 2.26. The van der Waals surface area contributed by atoms with Gasteiger partial charge in [-0.3, -0.25) is 14.9 Å². The number of carbonyl (C=O) groups is 1. The minimum atomic E-state index is 0.264. The molecule has 1 aliphatic heterocycles. The van der Waals surface area contributed by atoms with Crippen LogP contribution < -0.4 is 0 Å². The number of pyridine rings is 1. The van der Waals surface area contributed by atoms with Gasteiger partial charge in [0.15, 0.2) is 0 Å². The summed E-state index contributed by atoms with van der Waals surface area (Å²) in [7, 11) is 0. The van der Waals surface area contributed by atoms with Crippen LogP contribution in [-0.4, -0.2) is 48.6 Å². The van der Waals surface area contributed by atoms with Gasteiger partial charge < -0.3 is 9.47 Å². The molecule has 3 aromatic rings. The second kappa shape index (κ2) is 8.82. The van der Waals surface area contributed by atoms with Crippen LogP contribution in [0.4, 0.5) is 0 Å². The fourth-order valence-corrected chi connectivity index (χ4v) is 3.91. The van der Waals surface area contributed by atoms with Crippen molar-refractivity contribution in [2.45, 2.75) is 44.6 Å². The number of amides is 1. The number of aromatic nitrogens is 5. The largest absolute Gasteiger partial charge is 0.343 e. The van der Waals surface area contributed by atoms with Crippen molar-refractivity contribution in [2.75, 3.05) is 13.1 Å². The van der Waals surface area contributed by atoms with E-state index in [-0.39, 0.29) is 5.91 Å². The van der Waals surface area contributed by atoms with Crippen LogP contribution in [0.1, 0.15) is 48.6 Å². The molecular weight excluding hydrogens is 352 g/mol. The number of H-pyrrole nitrogens is 1. The summed E-state index contributed by atoms with van der Waals surface area (Å²) < 4.78 is 2.21. The zero-order valence-electron chi connectivity index (χ0n) is 16.0. The van der Waals surface area contributed by atoms with Gasteiger partial charge in [-0.15, -0.1) is 0 Å². The van der Waals surface area contributed by atoms with Gasteiger partial charge in [-0.2, -0.15) is 5.10 Å². The number of piperidine rings is 1. The van der Waals surface area contributed by atoms with E-state index >= 15 is 0 Å². The number of imidazole rings is 1. The SMILES string of the molecule is O=C(CCCc1cn[nH]c1)N1CCC(c2nccn2Cc2cccnc2)CC1. The number of hydrogen-bond acceptors (Lipinski definition) is 4. The molecule has 1 amide bonds. The number of nitrogens with zero attached hydrogens (tertiary/aromatic N) is 5. The lowest BCUT2D eigenvalue weighted by molar-refractivity contribution is -0.132. The fraction of sp³-hybridized carbons (Fsp3) is 0.429. The van der Waals surface area contributed by atoms with Gasteiger partial charge in [-0.1, -0.05) is 6.07 Å². The van der Waals surface area contributed by atoms with Gasteiger partial charge in [0.1, 0.15) is 5.82 Å². The van der Waals surface area contributed by atoms with Crippen molar-refractivity contribution in [3.63, 3.8) is 0 Å². The third-order valence-electron chi connectivity index (χ3n) is 5.45. The second-order valence-corrected chi connectivity index (χ2v) is 7.39. The summed E-state index contributed by atoms with van der Waals surface area (Å²) in [4.78, 5) is 23.3. The van der Waals surface area contributed by atoms with Gasteiger partial charge in [0.25, 0.3) is 0 Å². The highest BCUT2D eigenvalue weighted by molar-refractivity contribution is 5.76. The lowest BCUT2D eigenvalue weighted by Gasteiger charge is -2.32. The first-order chi connectivity index (χ1) is 13.8. The van der Waals surface area contributed by atoms with Gasteiger partial charge in [-0.05, 0) is 42.9 Å². The number of carbonyl (C=O) groups excluding carboxylic acids is 1. The van der Waals surface area contributed by atoms with Crippen LogP contribution in [0, 0.1) is 0 Å². The first-order valence-electron chi connectivity index (χ1n) is 9.95. The molecule has 4 rings (SSSR count). The monoisotopic (exact) mass is 378 g/mol. The highest BCUT2D eigenvalue weighted by Crippen LogP contribution is 2.27. The Kier molecular flexibility index (Phi) is 5.80. The van der Waals surface area contributed by atoms with Crippen LogP contribution in [0.5, 0.6) is 0 Å². The zero-order valence-corrected chi connectivity index (χ0v) is 16.0. The van der Waals surface area contributed by atoms with Crippen molar-refractivity contribution in [2.24, 2.45) is 0 Å². The third-order valence-corrected chi connectivity index (χ3v) is 5.45. The van der Waals surface area contributed by atoms with Gasteiger partial charge in [0.05, 0.1) is 12.7 Å². The van der Waals surface area contributed by atoms with Crippen LogP contribution in [0.15, 0.2) is 49.3 Å². The Labute approximate surface area is 164 Å². The molecule has 28 heavy (non-hydrogen) atoms. The van der Waals surface area contributed by atoms with E-state index in [1.807, 2.05) is 42.0 Å². The lowest BCUT2D eigenvalue weighted by Crippen LogP contribution is -2.38. The number of rotatable bonds is 7. The normalized spacial score (nSPS) is 15.1. The maximum atomic E-state index is 12.5. The van der Waals surface area contributed by atoms with E-state index in [9.17, 15) is 4.79 Å². The molecule has 0 unspecified atom stereocenters. The van der Waals surface area contributed by atoms with E-state index in [1.54, 1.807) is 6.20 Å². The fourth-order valence-electron chi connectivity index (χ4n) is 3.91. The van der Waals surface area contributed by atoms with Crippen LogP contribution in [-0.2, 0) is 17.8 Å². The quantitative estimate of drug-likeness (QED) is 0.686. The van der Waals surface area contributed by atoms with E-state index < -0.39 is 0 Å². The predicted molar refractivity (Wildman–Crippen MR) is 106 cm³/mol. The topological polar surface area (TPSA) is 79.7 Å². The molecule has 0 bridgehead atoms. The molecule has 3 aromatic heterocycles. The third kappa shape index (κ3) is 4.47. The Morgan fingerprint density at radius 2 is 2.07 bits per heavy atom. The summed E-state index contributed by atoms with van der Waals surface area (Å²) >= 11 is 0. The van der Waals surface area contributed by atoms with Crippen LogP contribution in [0.2, 0.25) is 0 Å². The number of aryl methyl sites for hydroxylation is 1. The average molecular weight is 378 g/mol. The molecule has 7 nitrogen and oxygen atoms in total.